The molecule has 142 valence electrons. The smallest absolute Gasteiger partial charge is 0.405 e. The number of likely N-dealkylation sites (tertiary alicyclic amines) is 1. The third-order valence-electron chi connectivity index (χ3n) is 5.46. The minimum absolute atomic E-state index is 0.198. The molecule has 8 heteroatoms. The molecule has 1 saturated heterocycles. The van der Waals surface area contributed by atoms with Crippen LogP contribution in [0.1, 0.15) is 24.4 Å². The summed E-state index contributed by atoms with van der Waals surface area (Å²) < 4.78 is 56.8. The van der Waals surface area contributed by atoms with E-state index in [0.717, 1.165) is 19.4 Å². The Morgan fingerprint density at radius 3 is 2.77 bits per heavy atom. The minimum atomic E-state index is -4.44. The van der Waals surface area contributed by atoms with Crippen molar-refractivity contribution in [2.24, 2.45) is 17.8 Å². The van der Waals surface area contributed by atoms with Crippen LogP contribution in [0.3, 0.4) is 0 Å². The molecule has 2 fully saturated rings. The van der Waals surface area contributed by atoms with Gasteiger partial charge in [0.05, 0.1) is 12.5 Å². The quantitative estimate of drug-likeness (QED) is 0.827. The maximum Gasteiger partial charge on any atom is 0.405 e. The van der Waals surface area contributed by atoms with E-state index in [-0.39, 0.29) is 24.4 Å². The lowest BCUT2D eigenvalue weighted by atomic mass is 9.85. The molecule has 4 nitrogen and oxygen atoms in total. The molecule has 0 unspecified atom stereocenters. The molecular weight excluding hydrogens is 352 g/mol. The first kappa shape index (κ1) is 17.6. The van der Waals surface area contributed by atoms with Gasteiger partial charge >= 0.3 is 6.18 Å². The summed E-state index contributed by atoms with van der Waals surface area (Å²) in [6, 6.07) is 4.12. The highest BCUT2D eigenvalue weighted by Gasteiger charge is 2.50. The summed E-state index contributed by atoms with van der Waals surface area (Å²) in [5.41, 5.74) is 0.688. The molecule has 1 aromatic carbocycles. The van der Waals surface area contributed by atoms with E-state index in [9.17, 15) is 22.4 Å². The molecule has 0 aromatic heterocycles. The highest BCUT2D eigenvalue weighted by atomic mass is 19.4. The third kappa shape index (κ3) is 3.51. The molecule has 1 amide bonds. The zero-order valence-electron chi connectivity index (χ0n) is 14.1. The van der Waals surface area contributed by atoms with Gasteiger partial charge in [-0.1, -0.05) is 0 Å². The molecular formula is C18H20F4N2O2. The van der Waals surface area contributed by atoms with E-state index in [1.165, 1.54) is 12.1 Å². The number of hydrogen-bond acceptors (Lipinski definition) is 3. The van der Waals surface area contributed by atoms with Crippen LogP contribution in [0.4, 0.5) is 17.6 Å². The first-order valence-corrected chi connectivity index (χ1v) is 8.82. The predicted molar refractivity (Wildman–Crippen MR) is 85.0 cm³/mol. The maximum absolute atomic E-state index is 13.8. The second-order valence-corrected chi connectivity index (χ2v) is 7.44. The van der Waals surface area contributed by atoms with Gasteiger partial charge in [0.25, 0.3) is 0 Å². The summed E-state index contributed by atoms with van der Waals surface area (Å²) in [6.45, 7) is 0.0536. The first-order valence-electron chi connectivity index (χ1n) is 8.82. The summed E-state index contributed by atoms with van der Waals surface area (Å²) >= 11 is 0. The van der Waals surface area contributed by atoms with Crippen LogP contribution in [-0.4, -0.2) is 43.2 Å². The van der Waals surface area contributed by atoms with Crippen molar-refractivity contribution in [3.63, 3.8) is 0 Å². The summed E-state index contributed by atoms with van der Waals surface area (Å²) in [7, 11) is 0. The van der Waals surface area contributed by atoms with Crippen LogP contribution in [0.15, 0.2) is 18.2 Å². The van der Waals surface area contributed by atoms with Gasteiger partial charge in [0.1, 0.15) is 18.1 Å². The van der Waals surface area contributed by atoms with Crippen LogP contribution in [0.5, 0.6) is 5.75 Å². The second-order valence-electron chi connectivity index (χ2n) is 7.44. The highest BCUT2D eigenvalue weighted by Crippen LogP contribution is 2.49. The molecule has 2 heterocycles. The summed E-state index contributed by atoms with van der Waals surface area (Å²) in [4.78, 5) is 14.5. The van der Waals surface area contributed by atoms with Gasteiger partial charge in [-0.3, -0.25) is 9.69 Å². The van der Waals surface area contributed by atoms with Crippen molar-refractivity contribution in [3.05, 3.63) is 29.6 Å². The Bertz CT molecular complexity index is 705. The van der Waals surface area contributed by atoms with Crippen molar-refractivity contribution in [1.82, 2.24) is 10.2 Å². The fraction of sp³-hybridized carbons (Fsp3) is 0.611. The third-order valence-corrected chi connectivity index (χ3v) is 5.46. The van der Waals surface area contributed by atoms with E-state index >= 15 is 0 Å². The number of benzene rings is 1. The molecule has 1 aromatic rings. The standard InChI is InChI=1S/C18H20F4N2O2/c19-11-3-4-15-12(5-11)16-14(8-26-15)13(7-24(16)6-10-1-2-10)17(25)23-9-18(20,21)22/h3-5,10,13-14,16H,1-2,6-9H2,(H,23,25)/t13-,14+,16+/m1/s1. The number of fused-ring (bicyclic) bond motifs is 3. The molecule has 3 aliphatic rings. The number of alkyl halides is 3. The van der Waals surface area contributed by atoms with E-state index in [2.05, 4.69) is 4.90 Å². The van der Waals surface area contributed by atoms with Crippen molar-refractivity contribution in [3.8, 4) is 5.75 Å². The topological polar surface area (TPSA) is 41.6 Å². The second kappa shape index (κ2) is 6.40. The molecule has 0 radical (unpaired) electrons. The number of rotatable bonds is 4. The van der Waals surface area contributed by atoms with E-state index < -0.39 is 24.5 Å². The Kier molecular flexibility index (Phi) is 4.33. The zero-order valence-corrected chi connectivity index (χ0v) is 14.1. The molecule has 1 saturated carbocycles. The number of nitrogens with zero attached hydrogens (tertiary/aromatic N) is 1. The number of carbonyl (C=O) groups is 1. The average Bonchev–Trinajstić information content (AvgIpc) is 3.31. The molecule has 0 spiro atoms. The molecule has 2 aliphatic heterocycles. The number of hydrogen-bond donors (Lipinski definition) is 1. The number of halogens is 4. The van der Waals surface area contributed by atoms with Crippen LogP contribution >= 0.6 is 0 Å². The molecule has 1 aliphatic carbocycles. The number of amides is 1. The minimum Gasteiger partial charge on any atom is -0.493 e. The number of carbonyl (C=O) groups excluding carboxylic acids is 1. The maximum atomic E-state index is 13.8. The Balaban J connectivity index is 1.58. The van der Waals surface area contributed by atoms with Crippen molar-refractivity contribution in [1.29, 1.82) is 0 Å². The van der Waals surface area contributed by atoms with Crippen molar-refractivity contribution in [2.45, 2.75) is 25.1 Å². The van der Waals surface area contributed by atoms with Gasteiger partial charge in [0, 0.05) is 30.6 Å². The SMILES string of the molecule is O=C(NCC(F)(F)F)[C@@H]1CN(CC2CC2)[C@H]2c3cc(F)ccc3OC[C@@H]12. The lowest BCUT2D eigenvalue weighted by molar-refractivity contribution is -0.141. The van der Waals surface area contributed by atoms with Gasteiger partial charge < -0.3 is 10.1 Å². The molecule has 0 bridgehead atoms. The van der Waals surface area contributed by atoms with Crippen molar-refractivity contribution in [2.75, 3.05) is 26.2 Å². The number of nitrogens with one attached hydrogen (secondary N) is 1. The normalized spacial score (nSPS) is 28.2. The number of ether oxygens (including phenoxy) is 1. The van der Waals surface area contributed by atoms with Gasteiger partial charge in [-0.25, -0.2) is 4.39 Å². The lowest BCUT2D eigenvalue weighted by Gasteiger charge is -2.34. The zero-order chi connectivity index (χ0) is 18.5. The molecule has 3 atom stereocenters. The van der Waals surface area contributed by atoms with E-state index in [0.29, 0.717) is 23.8 Å². The van der Waals surface area contributed by atoms with Gasteiger partial charge in [-0.15, -0.1) is 0 Å². The van der Waals surface area contributed by atoms with Gasteiger partial charge in [0.15, 0.2) is 0 Å². The largest absolute Gasteiger partial charge is 0.493 e. The fourth-order valence-corrected chi connectivity index (χ4v) is 4.11. The van der Waals surface area contributed by atoms with Crippen molar-refractivity contribution < 1.29 is 27.1 Å². The van der Waals surface area contributed by atoms with Gasteiger partial charge in [0.2, 0.25) is 5.91 Å². The van der Waals surface area contributed by atoms with Crippen LogP contribution in [0, 0.1) is 23.6 Å². The Labute approximate surface area is 148 Å². The Hall–Kier alpha value is -1.83. The average molecular weight is 372 g/mol. The van der Waals surface area contributed by atoms with Gasteiger partial charge in [-0.2, -0.15) is 13.2 Å². The Morgan fingerprint density at radius 1 is 1.31 bits per heavy atom. The van der Waals surface area contributed by atoms with Crippen LogP contribution in [0.25, 0.3) is 0 Å². The van der Waals surface area contributed by atoms with E-state index in [1.807, 2.05) is 5.32 Å². The first-order chi connectivity index (χ1) is 12.3. The molecule has 4 rings (SSSR count). The predicted octanol–water partition coefficient (Wildman–Crippen LogP) is 2.90. The molecule has 26 heavy (non-hydrogen) atoms. The molecule has 1 N–H and O–H groups in total. The monoisotopic (exact) mass is 372 g/mol. The van der Waals surface area contributed by atoms with E-state index in [4.69, 9.17) is 4.74 Å². The summed E-state index contributed by atoms with van der Waals surface area (Å²) in [5, 5.41) is 2.00. The van der Waals surface area contributed by atoms with Crippen LogP contribution in [0.2, 0.25) is 0 Å². The summed E-state index contributed by atoms with van der Waals surface area (Å²) in [6.07, 6.45) is -2.21. The highest BCUT2D eigenvalue weighted by molar-refractivity contribution is 5.80. The van der Waals surface area contributed by atoms with Crippen LogP contribution in [-0.2, 0) is 4.79 Å². The summed E-state index contributed by atoms with van der Waals surface area (Å²) in [5.74, 6) is -0.741. The van der Waals surface area contributed by atoms with Gasteiger partial charge in [-0.05, 0) is 37.0 Å². The van der Waals surface area contributed by atoms with Crippen LogP contribution < -0.4 is 10.1 Å². The van der Waals surface area contributed by atoms with E-state index in [1.54, 1.807) is 6.07 Å². The lowest BCUT2D eigenvalue weighted by Crippen LogP contribution is -2.41. The fourth-order valence-electron chi connectivity index (χ4n) is 4.11. The Morgan fingerprint density at radius 2 is 2.08 bits per heavy atom. The van der Waals surface area contributed by atoms with Crippen molar-refractivity contribution >= 4 is 5.91 Å².